The van der Waals surface area contributed by atoms with E-state index in [-0.39, 0.29) is 42.1 Å². The summed E-state index contributed by atoms with van der Waals surface area (Å²) < 4.78 is 12.9. The Morgan fingerprint density at radius 1 is 1.15 bits per heavy atom. The number of amides is 3. The number of carbonyl (C=O) groups excluding carboxylic acids is 4. The van der Waals surface area contributed by atoms with Gasteiger partial charge in [0.25, 0.3) is 0 Å². The summed E-state index contributed by atoms with van der Waals surface area (Å²) in [4.78, 5) is 58.8. The molecule has 0 aromatic heterocycles. The van der Waals surface area contributed by atoms with Crippen LogP contribution in [-0.4, -0.2) is 94.0 Å². The normalized spacial score (nSPS) is 26.2. The van der Waals surface area contributed by atoms with Gasteiger partial charge in [0.1, 0.15) is 17.7 Å². The fourth-order valence-corrected chi connectivity index (χ4v) is 8.42. The number of unbranched alkanes of at least 4 members (excludes halogenated alkanes) is 5. The highest BCUT2D eigenvalue weighted by molar-refractivity contribution is 9.09. The molecule has 264 valence electrons. The molecule has 11 heteroatoms. The van der Waals surface area contributed by atoms with Crippen LogP contribution in [0.4, 0.5) is 0 Å². The Bertz CT molecular complexity index is 1280. The van der Waals surface area contributed by atoms with E-state index in [4.69, 9.17) is 9.47 Å². The predicted molar refractivity (Wildman–Crippen MR) is 187 cm³/mol. The fraction of sp³-hybridized carbons (Fsp3) is 0.622. The molecule has 3 aliphatic rings. The van der Waals surface area contributed by atoms with E-state index < -0.39 is 41.7 Å². The van der Waals surface area contributed by atoms with Crippen LogP contribution in [0.1, 0.15) is 82.8 Å². The van der Waals surface area contributed by atoms with Crippen molar-refractivity contribution in [1.29, 1.82) is 0 Å². The topological polar surface area (TPSA) is 125 Å². The maximum Gasteiger partial charge on any atom is 0.313 e. The third-order valence-electron chi connectivity index (χ3n) is 9.79. The van der Waals surface area contributed by atoms with Gasteiger partial charge in [0.05, 0.1) is 24.5 Å². The zero-order chi connectivity index (χ0) is 34.7. The van der Waals surface area contributed by atoms with Crippen molar-refractivity contribution in [3.8, 4) is 0 Å². The van der Waals surface area contributed by atoms with Gasteiger partial charge in [-0.3, -0.25) is 19.2 Å². The summed E-state index contributed by atoms with van der Waals surface area (Å²) >= 11 is 3.74. The van der Waals surface area contributed by atoms with Crippen LogP contribution in [0, 0.1) is 11.8 Å². The number of fused-ring (bicyclic) bond motifs is 1. The molecule has 3 aliphatic heterocycles. The number of hydrogen-bond acceptors (Lipinski definition) is 7. The van der Waals surface area contributed by atoms with Gasteiger partial charge in [0.15, 0.2) is 0 Å². The molecule has 3 amide bonds. The number of aliphatic hydroxyl groups excluding tert-OH is 1. The minimum atomic E-state index is -1.19. The number of aliphatic hydroxyl groups is 1. The maximum atomic E-state index is 14.5. The molecule has 1 unspecified atom stereocenters. The van der Waals surface area contributed by atoms with Crippen molar-refractivity contribution >= 4 is 39.6 Å². The molecule has 2 bridgehead atoms. The number of hydrogen-bond donors (Lipinski definition) is 2. The lowest BCUT2D eigenvalue weighted by atomic mass is 9.70. The van der Waals surface area contributed by atoms with E-state index in [1.807, 2.05) is 30.3 Å². The molecule has 7 atom stereocenters. The number of nitrogens with one attached hydrogen (secondary N) is 1. The monoisotopic (exact) mass is 729 g/mol. The van der Waals surface area contributed by atoms with Crippen molar-refractivity contribution in [3.05, 3.63) is 61.2 Å². The standard InChI is InChI=1S/C37H52BrN3O7/c1-4-7-14-21-40(20-6-3)35(45)33-37-24-27(38)32(48-37)30(31(37)34(44)41(33)22-15-9-10-16-23-42)36(46)47-28(26-17-12-11-13-18-26)25-39-29(43)19-8-5-2/h5-6,11-13,17-18,27-28,30-33,42H,2-4,7-10,14-16,19-25H2,1H3,(H,39,43)/t27?,28-,30+,31-,32+,33+,37-/m0/s1. The van der Waals surface area contributed by atoms with Crippen LogP contribution in [0.25, 0.3) is 0 Å². The van der Waals surface area contributed by atoms with Gasteiger partial charge >= 0.3 is 5.97 Å². The van der Waals surface area contributed by atoms with Crippen LogP contribution in [0.2, 0.25) is 0 Å². The first kappa shape index (κ1) is 37.8. The molecule has 1 aromatic carbocycles. The Balaban J connectivity index is 1.63. The Morgan fingerprint density at radius 2 is 1.90 bits per heavy atom. The molecule has 0 saturated carbocycles. The molecule has 3 saturated heterocycles. The lowest BCUT2D eigenvalue weighted by Crippen LogP contribution is -2.57. The number of ether oxygens (including phenoxy) is 2. The lowest BCUT2D eigenvalue weighted by molar-refractivity contribution is -0.160. The molecule has 2 N–H and O–H groups in total. The van der Waals surface area contributed by atoms with Crippen LogP contribution in [0.3, 0.4) is 0 Å². The van der Waals surface area contributed by atoms with Gasteiger partial charge in [-0.05, 0) is 37.7 Å². The molecule has 48 heavy (non-hydrogen) atoms. The summed E-state index contributed by atoms with van der Waals surface area (Å²) in [6.07, 6.45) is 8.91. The number of benzene rings is 1. The molecule has 1 aromatic rings. The van der Waals surface area contributed by atoms with Gasteiger partial charge in [-0.25, -0.2) is 0 Å². The van der Waals surface area contributed by atoms with Gasteiger partial charge < -0.3 is 29.7 Å². The fourth-order valence-electron chi connectivity index (χ4n) is 7.48. The molecule has 10 nitrogen and oxygen atoms in total. The zero-order valence-electron chi connectivity index (χ0n) is 28.2. The number of likely N-dealkylation sites (tertiary alicyclic amines) is 1. The van der Waals surface area contributed by atoms with Crippen LogP contribution in [0.5, 0.6) is 0 Å². The Hall–Kier alpha value is -3.02. The summed E-state index contributed by atoms with van der Waals surface area (Å²) in [6.45, 7) is 11.1. The minimum absolute atomic E-state index is 0.0703. The Kier molecular flexibility index (Phi) is 14.3. The summed E-state index contributed by atoms with van der Waals surface area (Å²) in [5.74, 6) is -3.02. The van der Waals surface area contributed by atoms with Gasteiger partial charge in [0, 0.05) is 37.5 Å². The molecular weight excluding hydrogens is 678 g/mol. The van der Waals surface area contributed by atoms with E-state index >= 15 is 0 Å². The van der Waals surface area contributed by atoms with Gasteiger partial charge in [-0.2, -0.15) is 0 Å². The second-order valence-corrected chi connectivity index (χ2v) is 14.3. The Morgan fingerprint density at radius 3 is 2.58 bits per heavy atom. The molecule has 1 spiro atoms. The zero-order valence-corrected chi connectivity index (χ0v) is 29.8. The van der Waals surface area contributed by atoms with Gasteiger partial charge in [-0.15, -0.1) is 13.2 Å². The third-order valence-corrected chi connectivity index (χ3v) is 10.6. The number of rotatable bonds is 21. The van der Waals surface area contributed by atoms with Crippen molar-refractivity contribution in [2.24, 2.45) is 11.8 Å². The van der Waals surface area contributed by atoms with Crippen LogP contribution in [0.15, 0.2) is 55.6 Å². The highest BCUT2D eigenvalue weighted by atomic mass is 79.9. The van der Waals surface area contributed by atoms with E-state index in [1.54, 1.807) is 22.0 Å². The average Bonchev–Trinajstić information content (AvgIpc) is 3.68. The highest BCUT2D eigenvalue weighted by Crippen LogP contribution is 2.60. The quantitative estimate of drug-likeness (QED) is 0.0802. The van der Waals surface area contributed by atoms with Crippen molar-refractivity contribution < 1.29 is 33.8 Å². The van der Waals surface area contributed by atoms with E-state index in [0.717, 1.165) is 32.1 Å². The lowest BCUT2D eigenvalue weighted by Gasteiger charge is -2.37. The number of carbonyl (C=O) groups is 4. The number of allylic oxidation sites excluding steroid dienone is 1. The molecule has 3 fully saturated rings. The molecule has 0 aliphatic carbocycles. The number of nitrogens with zero attached hydrogens (tertiary/aromatic N) is 2. The SMILES string of the molecule is C=CCCC(=O)NC[C@H](OC(=O)[C@H]1[C@@H]2O[C@@]3(CC2Br)[C@@H]1C(=O)N(CCCCCCO)[C@@H]3C(=O)N(CC=C)CCCCC)c1ccccc1. The number of alkyl halides is 1. The maximum absolute atomic E-state index is 14.5. The number of esters is 1. The molecule has 0 radical (unpaired) electrons. The summed E-state index contributed by atoms with van der Waals surface area (Å²) in [5, 5.41) is 12.1. The highest BCUT2D eigenvalue weighted by Gasteiger charge is 2.77. The van der Waals surface area contributed by atoms with Crippen molar-refractivity contribution in [3.63, 3.8) is 0 Å². The van der Waals surface area contributed by atoms with E-state index in [9.17, 15) is 24.3 Å². The van der Waals surface area contributed by atoms with Gasteiger partial charge in [0.2, 0.25) is 17.7 Å². The Labute approximate surface area is 293 Å². The first-order valence-electron chi connectivity index (χ1n) is 17.5. The van der Waals surface area contributed by atoms with Crippen LogP contribution in [-0.2, 0) is 28.7 Å². The van der Waals surface area contributed by atoms with Crippen molar-refractivity contribution in [2.45, 2.75) is 99.8 Å². The summed E-state index contributed by atoms with van der Waals surface area (Å²) in [7, 11) is 0. The van der Waals surface area contributed by atoms with Crippen LogP contribution < -0.4 is 5.32 Å². The van der Waals surface area contributed by atoms with E-state index in [1.165, 1.54) is 0 Å². The van der Waals surface area contributed by atoms with E-state index in [2.05, 4.69) is 41.3 Å². The van der Waals surface area contributed by atoms with Crippen LogP contribution >= 0.6 is 15.9 Å². The van der Waals surface area contributed by atoms with Crippen molar-refractivity contribution in [2.75, 3.05) is 32.8 Å². The van der Waals surface area contributed by atoms with Crippen molar-refractivity contribution in [1.82, 2.24) is 15.1 Å². The predicted octanol–water partition coefficient (Wildman–Crippen LogP) is 4.86. The molecular formula is C37H52BrN3O7. The average molecular weight is 731 g/mol. The van der Waals surface area contributed by atoms with Gasteiger partial charge in [-0.1, -0.05) is 91.0 Å². The second-order valence-electron chi connectivity index (χ2n) is 13.1. The largest absolute Gasteiger partial charge is 0.455 e. The summed E-state index contributed by atoms with van der Waals surface area (Å²) in [5.41, 5.74) is -0.473. The smallest absolute Gasteiger partial charge is 0.313 e. The summed E-state index contributed by atoms with van der Waals surface area (Å²) in [6, 6.07) is 8.32. The van der Waals surface area contributed by atoms with E-state index in [0.29, 0.717) is 50.9 Å². The number of halogens is 1. The second kappa shape index (κ2) is 18.1. The third kappa shape index (κ3) is 8.40. The first-order chi connectivity index (χ1) is 23.2. The minimum Gasteiger partial charge on any atom is -0.455 e. The molecule has 3 heterocycles. The molecule has 4 rings (SSSR count). The first-order valence-corrected chi connectivity index (χ1v) is 18.4.